The van der Waals surface area contributed by atoms with E-state index in [0.29, 0.717) is 19.4 Å². The summed E-state index contributed by atoms with van der Waals surface area (Å²) >= 11 is 0. The Balaban J connectivity index is 3.10. The molecule has 0 spiro atoms. The Hall–Kier alpha value is -0.900. The van der Waals surface area contributed by atoms with Crippen LogP contribution in [0.5, 0.6) is 0 Å². The number of rotatable bonds is 6. The van der Waals surface area contributed by atoms with Gasteiger partial charge in [0.25, 0.3) is 0 Å². The Bertz CT molecular complexity index is 126. The highest BCUT2D eigenvalue weighted by molar-refractivity contribution is 5.85. The summed E-state index contributed by atoms with van der Waals surface area (Å²) in [6.07, 6.45) is 3.51. The number of imide groups is 1. The maximum Gasteiger partial charge on any atom is 0.226 e. The quantitative estimate of drug-likeness (QED) is 0.414. The summed E-state index contributed by atoms with van der Waals surface area (Å²) in [5, 5.41) is 2.07. The fourth-order valence-electron chi connectivity index (χ4n) is 0.745. The van der Waals surface area contributed by atoms with Crippen LogP contribution in [0, 0.1) is 0 Å². The molecule has 0 aliphatic carbocycles. The first-order valence-electron chi connectivity index (χ1n) is 3.74. The molecule has 0 aromatic carbocycles. The van der Waals surface area contributed by atoms with Crippen LogP contribution in [0.3, 0.4) is 0 Å². The molecule has 0 saturated carbocycles. The standard InChI is InChI=1S/C7H14N2O2/c8-5-3-1-2-4-7(11)9-6-10/h6H,1-5,8H2,(H,9,10,11). The number of hydrogen-bond donors (Lipinski definition) is 2. The third-order valence-electron chi connectivity index (χ3n) is 1.33. The van der Waals surface area contributed by atoms with E-state index >= 15 is 0 Å². The normalized spacial score (nSPS) is 9.18. The third-order valence-corrected chi connectivity index (χ3v) is 1.33. The van der Waals surface area contributed by atoms with Gasteiger partial charge in [0.15, 0.2) is 0 Å². The summed E-state index contributed by atoms with van der Waals surface area (Å²) in [5.41, 5.74) is 5.25. The van der Waals surface area contributed by atoms with Crippen molar-refractivity contribution in [3.05, 3.63) is 0 Å². The molecular weight excluding hydrogens is 144 g/mol. The average Bonchev–Trinajstić information content (AvgIpc) is 1.99. The number of unbranched alkanes of at least 4 members (excludes halogenated alkanes) is 2. The van der Waals surface area contributed by atoms with E-state index in [9.17, 15) is 9.59 Å². The molecule has 0 saturated heterocycles. The molecule has 0 rings (SSSR count). The maximum atomic E-state index is 10.6. The highest BCUT2D eigenvalue weighted by atomic mass is 16.2. The summed E-state index contributed by atoms with van der Waals surface area (Å²) in [6, 6.07) is 0. The smallest absolute Gasteiger partial charge is 0.226 e. The molecule has 64 valence electrons. The van der Waals surface area contributed by atoms with Gasteiger partial charge in [-0.2, -0.15) is 0 Å². The van der Waals surface area contributed by atoms with E-state index in [0.717, 1.165) is 19.3 Å². The molecule has 0 aromatic heterocycles. The molecule has 0 bridgehead atoms. The summed E-state index contributed by atoms with van der Waals surface area (Å²) in [7, 11) is 0. The second kappa shape index (κ2) is 7.21. The molecule has 4 nitrogen and oxygen atoms in total. The Kier molecular flexibility index (Phi) is 6.62. The van der Waals surface area contributed by atoms with Gasteiger partial charge in [-0.25, -0.2) is 0 Å². The highest BCUT2D eigenvalue weighted by Crippen LogP contribution is 1.97. The van der Waals surface area contributed by atoms with Crippen LogP contribution < -0.4 is 11.1 Å². The zero-order valence-corrected chi connectivity index (χ0v) is 6.51. The van der Waals surface area contributed by atoms with E-state index in [-0.39, 0.29) is 5.91 Å². The van der Waals surface area contributed by atoms with Crippen LogP contribution in [0.1, 0.15) is 25.7 Å². The van der Waals surface area contributed by atoms with Crippen LogP contribution in [0.2, 0.25) is 0 Å². The predicted molar refractivity (Wildman–Crippen MR) is 41.7 cm³/mol. The number of hydrogen-bond acceptors (Lipinski definition) is 3. The van der Waals surface area contributed by atoms with Crippen LogP contribution in [0.4, 0.5) is 0 Å². The maximum absolute atomic E-state index is 10.6. The fraction of sp³-hybridized carbons (Fsp3) is 0.714. The summed E-state index contributed by atoms with van der Waals surface area (Å²) in [4.78, 5) is 20.4. The lowest BCUT2D eigenvalue weighted by Gasteiger charge is -1.97. The molecule has 0 heterocycles. The Labute approximate surface area is 66.1 Å². The molecule has 2 amide bonds. The first-order chi connectivity index (χ1) is 5.31. The Morgan fingerprint density at radius 3 is 2.64 bits per heavy atom. The van der Waals surface area contributed by atoms with Crippen LogP contribution in [-0.4, -0.2) is 18.9 Å². The van der Waals surface area contributed by atoms with Gasteiger partial charge < -0.3 is 5.73 Å². The number of carbonyl (C=O) groups excluding carboxylic acids is 2. The minimum absolute atomic E-state index is 0.211. The second-order valence-corrected chi connectivity index (χ2v) is 2.28. The van der Waals surface area contributed by atoms with Gasteiger partial charge in [0.1, 0.15) is 0 Å². The van der Waals surface area contributed by atoms with Gasteiger partial charge >= 0.3 is 0 Å². The van der Waals surface area contributed by atoms with Crippen molar-refractivity contribution in [2.24, 2.45) is 5.73 Å². The zero-order chi connectivity index (χ0) is 8.53. The largest absolute Gasteiger partial charge is 0.330 e. The first-order valence-corrected chi connectivity index (χ1v) is 3.74. The second-order valence-electron chi connectivity index (χ2n) is 2.28. The lowest BCUT2D eigenvalue weighted by molar-refractivity contribution is -0.125. The fourth-order valence-corrected chi connectivity index (χ4v) is 0.745. The first kappa shape index (κ1) is 10.1. The molecule has 11 heavy (non-hydrogen) atoms. The minimum Gasteiger partial charge on any atom is -0.330 e. The van der Waals surface area contributed by atoms with Crippen molar-refractivity contribution in [3.8, 4) is 0 Å². The molecule has 3 N–H and O–H groups in total. The topological polar surface area (TPSA) is 72.2 Å². The van der Waals surface area contributed by atoms with Gasteiger partial charge in [0.2, 0.25) is 12.3 Å². The molecular formula is C7H14N2O2. The van der Waals surface area contributed by atoms with Gasteiger partial charge in [-0.3, -0.25) is 14.9 Å². The Morgan fingerprint density at radius 1 is 1.36 bits per heavy atom. The molecule has 4 heteroatoms. The molecule has 0 radical (unpaired) electrons. The van der Waals surface area contributed by atoms with Gasteiger partial charge in [0, 0.05) is 6.42 Å². The summed E-state index contributed by atoms with van der Waals surface area (Å²) in [5.74, 6) is -0.211. The molecule has 0 aliphatic rings. The van der Waals surface area contributed by atoms with Crippen molar-refractivity contribution in [2.75, 3.05) is 6.54 Å². The lowest BCUT2D eigenvalue weighted by atomic mass is 10.2. The number of amides is 2. The molecule has 0 aliphatic heterocycles. The van der Waals surface area contributed by atoms with E-state index in [1.54, 1.807) is 0 Å². The van der Waals surface area contributed by atoms with Gasteiger partial charge in [0.05, 0.1) is 0 Å². The van der Waals surface area contributed by atoms with Crippen LogP contribution in [0.25, 0.3) is 0 Å². The van der Waals surface area contributed by atoms with Crippen LogP contribution in [-0.2, 0) is 9.59 Å². The monoisotopic (exact) mass is 158 g/mol. The van der Waals surface area contributed by atoms with E-state index in [1.165, 1.54) is 0 Å². The van der Waals surface area contributed by atoms with Crippen molar-refractivity contribution in [3.63, 3.8) is 0 Å². The van der Waals surface area contributed by atoms with E-state index in [4.69, 9.17) is 5.73 Å². The van der Waals surface area contributed by atoms with Crippen molar-refractivity contribution in [1.29, 1.82) is 0 Å². The predicted octanol–water partition coefficient (Wildman–Crippen LogP) is -0.222. The average molecular weight is 158 g/mol. The van der Waals surface area contributed by atoms with Gasteiger partial charge in [-0.15, -0.1) is 0 Å². The molecule has 0 unspecified atom stereocenters. The van der Waals surface area contributed by atoms with Crippen molar-refractivity contribution < 1.29 is 9.59 Å². The SMILES string of the molecule is NCCCCCC(=O)NC=O. The molecule has 0 atom stereocenters. The van der Waals surface area contributed by atoms with Gasteiger partial charge in [-0.05, 0) is 19.4 Å². The summed E-state index contributed by atoms with van der Waals surface area (Å²) in [6.45, 7) is 0.662. The van der Waals surface area contributed by atoms with Crippen LogP contribution in [0.15, 0.2) is 0 Å². The van der Waals surface area contributed by atoms with Crippen molar-refractivity contribution >= 4 is 12.3 Å². The minimum atomic E-state index is -0.211. The number of carbonyl (C=O) groups is 2. The zero-order valence-electron chi connectivity index (χ0n) is 6.51. The van der Waals surface area contributed by atoms with E-state index in [1.807, 2.05) is 0 Å². The van der Waals surface area contributed by atoms with E-state index in [2.05, 4.69) is 5.32 Å². The number of nitrogens with two attached hydrogens (primary N) is 1. The molecule has 0 fully saturated rings. The lowest BCUT2D eigenvalue weighted by Crippen LogP contribution is -2.20. The summed E-state index contributed by atoms with van der Waals surface area (Å²) < 4.78 is 0. The highest BCUT2D eigenvalue weighted by Gasteiger charge is 1.97. The van der Waals surface area contributed by atoms with Crippen molar-refractivity contribution in [2.45, 2.75) is 25.7 Å². The Morgan fingerprint density at radius 2 is 2.09 bits per heavy atom. The third kappa shape index (κ3) is 6.99. The van der Waals surface area contributed by atoms with E-state index < -0.39 is 0 Å². The molecule has 0 aromatic rings. The number of nitrogens with one attached hydrogen (secondary N) is 1. The van der Waals surface area contributed by atoms with Crippen LogP contribution >= 0.6 is 0 Å². The van der Waals surface area contributed by atoms with Gasteiger partial charge in [-0.1, -0.05) is 6.42 Å². The van der Waals surface area contributed by atoms with Crippen molar-refractivity contribution in [1.82, 2.24) is 5.32 Å².